The Hall–Kier alpha value is -3.02. The highest BCUT2D eigenvalue weighted by atomic mass is 35.5. The van der Waals surface area contributed by atoms with Crippen LogP contribution in [0, 0.1) is 5.41 Å². The predicted molar refractivity (Wildman–Crippen MR) is 119 cm³/mol. The van der Waals surface area contributed by atoms with E-state index in [2.05, 4.69) is 16.4 Å². The normalized spacial score (nSPS) is 14.5. The van der Waals surface area contributed by atoms with E-state index < -0.39 is 0 Å². The van der Waals surface area contributed by atoms with Crippen molar-refractivity contribution >= 4 is 29.0 Å². The summed E-state index contributed by atoms with van der Waals surface area (Å²) in [5, 5.41) is 3.16. The lowest BCUT2D eigenvalue weighted by molar-refractivity contribution is 0.0863. The number of nitrogens with one attached hydrogen (secondary N) is 1. The van der Waals surface area contributed by atoms with E-state index in [9.17, 15) is 9.59 Å². The van der Waals surface area contributed by atoms with E-state index in [1.165, 1.54) is 12.3 Å². The zero-order chi connectivity index (χ0) is 21.5. The van der Waals surface area contributed by atoms with Gasteiger partial charge < -0.3 is 11.1 Å². The molecule has 0 fully saturated rings. The standard InChI is InChI=1S/C24H22ClN3O2/c1-24(2)12-17-9-14(4-6-19(17)22(24)29)20-11-18(5-3-16(20)13-26)28-23(30)15-7-8-27-21(25)10-15/h3-11H,12-13,26H2,1-2H3,(H,28,30). The Morgan fingerprint density at radius 3 is 2.67 bits per heavy atom. The van der Waals surface area contributed by atoms with Crippen molar-refractivity contribution in [2.24, 2.45) is 11.1 Å². The fourth-order valence-electron chi connectivity index (χ4n) is 3.90. The Bertz CT molecular complexity index is 1170. The average Bonchev–Trinajstić information content (AvgIpc) is 2.95. The number of nitrogens with zero attached hydrogens (tertiary/aromatic N) is 1. The molecule has 1 heterocycles. The number of fused-ring (bicyclic) bond motifs is 1. The largest absolute Gasteiger partial charge is 0.326 e. The molecule has 0 bridgehead atoms. The topological polar surface area (TPSA) is 85.1 Å². The maximum Gasteiger partial charge on any atom is 0.255 e. The van der Waals surface area contributed by atoms with Gasteiger partial charge in [0.05, 0.1) is 0 Å². The van der Waals surface area contributed by atoms with Crippen molar-refractivity contribution in [1.29, 1.82) is 0 Å². The molecule has 0 spiro atoms. The molecule has 0 unspecified atom stereocenters. The molecule has 3 aromatic rings. The van der Waals surface area contributed by atoms with E-state index in [1.807, 2.05) is 44.2 Å². The molecule has 0 radical (unpaired) electrons. The number of hydrogen-bond acceptors (Lipinski definition) is 4. The number of aromatic nitrogens is 1. The average molecular weight is 420 g/mol. The summed E-state index contributed by atoms with van der Waals surface area (Å²) in [5.41, 5.74) is 11.4. The molecule has 6 heteroatoms. The SMILES string of the molecule is CC1(C)Cc2cc(-c3cc(NC(=O)c4ccnc(Cl)c4)ccc3CN)ccc2C1=O. The highest BCUT2D eigenvalue weighted by Gasteiger charge is 2.37. The van der Waals surface area contributed by atoms with Crippen molar-refractivity contribution in [3.05, 3.63) is 82.1 Å². The zero-order valence-electron chi connectivity index (χ0n) is 16.8. The lowest BCUT2D eigenvalue weighted by Crippen LogP contribution is -2.18. The Morgan fingerprint density at radius 2 is 1.93 bits per heavy atom. The number of rotatable bonds is 4. The van der Waals surface area contributed by atoms with E-state index in [1.54, 1.807) is 6.07 Å². The van der Waals surface area contributed by atoms with Crippen LogP contribution in [0.2, 0.25) is 5.15 Å². The molecule has 152 valence electrons. The molecule has 1 amide bonds. The summed E-state index contributed by atoms with van der Waals surface area (Å²) < 4.78 is 0. The van der Waals surface area contributed by atoms with Gasteiger partial charge in [0.15, 0.2) is 5.78 Å². The van der Waals surface area contributed by atoms with E-state index >= 15 is 0 Å². The smallest absolute Gasteiger partial charge is 0.255 e. The first-order valence-electron chi connectivity index (χ1n) is 9.72. The second kappa shape index (κ2) is 7.67. The predicted octanol–water partition coefficient (Wildman–Crippen LogP) is 4.88. The Kier molecular flexibility index (Phi) is 5.18. The summed E-state index contributed by atoms with van der Waals surface area (Å²) >= 11 is 5.88. The number of nitrogens with two attached hydrogens (primary N) is 1. The molecular weight excluding hydrogens is 398 g/mol. The molecular formula is C24H22ClN3O2. The number of anilines is 1. The lowest BCUT2D eigenvalue weighted by Gasteiger charge is -2.13. The van der Waals surface area contributed by atoms with Crippen molar-refractivity contribution in [3.63, 3.8) is 0 Å². The second-order valence-corrected chi connectivity index (χ2v) is 8.55. The summed E-state index contributed by atoms with van der Waals surface area (Å²) in [4.78, 5) is 29.0. The van der Waals surface area contributed by atoms with Crippen LogP contribution in [0.4, 0.5) is 5.69 Å². The van der Waals surface area contributed by atoms with E-state index in [0.717, 1.165) is 27.8 Å². The third-order valence-electron chi connectivity index (χ3n) is 5.48. The first-order chi connectivity index (χ1) is 14.3. The number of carbonyl (C=O) groups is 2. The van der Waals surface area contributed by atoms with Crippen molar-refractivity contribution in [3.8, 4) is 11.1 Å². The first-order valence-corrected chi connectivity index (χ1v) is 10.1. The van der Waals surface area contributed by atoms with Crippen molar-refractivity contribution in [2.75, 3.05) is 5.32 Å². The number of carbonyl (C=O) groups excluding carboxylic acids is 2. The van der Waals surface area contributed by atoms with Crippen molar-refractivity contribution in [1.82, 2.24) is 4.98 Å². The fraction of sp³-hybridized carbons (Fsp3) is 0.208. The van der Waals surface area contributed by atoms with Crippen molar-refractivity contribution in [2.45, 2.75) is 26.8 Å². The number of benzene rings is 2. The minimum atomic E-state index is -0.376. The second-order valence-electron chi connectivity index (χ2n) is 8.16. The summed E-state index contributed by atoms with van der Waals surface area (Å²) in [7, 11) is 0. The Morgan fingerprint density at radius 1 is 1.13 bits per heavy atom. The zero-order valence-corrected chi connectivity index (χ0v) is 17.6. The summed E-state index contributed by atoms with van der Waals surface area (Å²) in [5.74, 6) is -0.0906. The van der Waals surface area contributed by atoms with Gasteiger partial charge in [-0.3, -0.25) is 9.59 Å². The van der Waals surface area contributed by atoms with Crippen LogP contribution >= 0.6 is 11.6 Å². The summed E-state index contributed by atoms with van der Waals surface area (Å²) in [6.07, 6.45) is 2.21. The van der Waals surface area contributed by atoms with Gasteiger partial charge >= 0.3 is 0 Å². The van der Waals surface area contributed by atoms with Crippen LogP contribution in [-0.2, 0) is 13.0 Å². The maximum atomic E-state index is 12.6. The van der Waals surface area contributed by atoms with Gasteiger partial charge in [-0.2, -0.15) is 0 Å². The molecule has 1 aromatic heterocycles. The van der Waals surface area contributed by atoms with Crippen LogP contribution < -0.4 is 11.1 Å². The number of Topliss-reactive ketones (excluding diaryl/α,β-unsaturated/α-hetero) is 1. The number of halogens is 1. The third kappa shape index (κ3) is 3.74. The van der Waals surface area contributed by atoms with Crippen LogP contribution in [0.5, 0.6) is 0 Å². The minimum absolute atomic E-state index is 0.181. The monoisotopic (exact) mass is 419 g/mol. The summed E-state index contributed by atoms with van der Waals surface area (Å²) in [6, 6.07) is 14.7. The van der Waals surface area contributed by atoms with Gasteiger partial charge in [0, 0.05) is 35.0 Å². The van der Waals surface area contributed by atoms with Gasteiger partial charge in [0.2, 0.25) is 0 Å². The van der Waals surface area contributed by atoms with E-state index in [0.29, 0.717) is 24.2 Å². The van der Waals surface area contributed by atoms with Crippen LogP contribution in [-0.4, -0.2) is 16.7 Å². The van der Waals surface area contributed by atoms with E-state index in [-0.39, 0.29) is 22.3 Å². The van der Waals surface area contributed by atoms with Gasteiger partial charge in [0.1, 0.15) is 5.15 Å². The molecule has 1 aliphatic carbocycles. The Balaban J connectivity index is 1.68. The van der Waals surface area contributed by atoms with Gasteiger partial charge in [-0.05, 0) is 52.9 Å². The van der Waals surface area contributed by atoms with Crippen LogP contribution in [0.3, 0.4) is 0 Å². The van der Waals surface area contributed by atoms with Crippen LogP contribution in [0.15, 0.2) is 54.7 Å². The molecule has 3 N–H and O–H groups in total. The quantitative estimate of drug-likeness (QED) is 0.590. The third-order valence-corrected chi connectivity index (χ3v) is 5.69. The number of ketones is 1. The maximum absolute atomic E-state index is 12.6. The first kappa shape index (κ1) is 20.3. The Labute approximate surface area is 180 Å². The number of hydrogen-bond donors (Lipinski definition) is 2. The molecule has 30 heavy (non-hydrogen) atoms. The lowest BCUT2D eigenvalue weighted by atomic mass is 9.89. The van der Waals surface area contributed by atoms with Gasteiger partial charge in [-0.25, -0.2) is 4.98 Å². The molecule has 0 saturated carbocycles. The summed E-state index contributed by atoms with van der Waals surface area (Å²) in [6.45, 7) is 4.31. The van der Waals surface area contributed by atoms with Crippen LogP contribution in [0.25, 0.3) is 11.1 Å². The molecule has 2 aromatic carbocycles. The fourth-order valence-corrected chi connectivity index (χ4v) is 4.07. The molecule has 5 nitrogen and oxygen atoms in total. The molecule has 0 aliphatic heterocycles. The highest BCUT2D eigenvalue weighted by molar-refractivity contribution is 6.29. The van der Waals surface area contributed by atoms with Gasteiger partial charge in [-0.15, -0.1) is 0 Å². The molecule has 0 saturated heterocycles. The van der Waals surface area contributed by atoms with Gasteiger partial charge in [-0.1, -0.05) is 49.7 Å². The molecule has 1 aliphatic rings. The highest BCUT2D eigenvalue weighted by Crippen LogP contribution is 2.38. The number of amides is 1. The van der Waals surface area contributed by atoms with Crippen molar-refractivity contribution < 1.29 is 9.59 Å². The molecule has 0 atom stereocenters. The molecule has 4 rings (SSSR count). The number of pyridine rings is 1. The van der Waals surface area contributed by atoms with E-state index in [4.69, 9.17) is 17.3 Å². The van der Waals surface area contributed by atoms with Crippen LogP contribution in [0.1, 0.15) is 45.7 Å². The minimum Gasteiger partial charge on any atom is -0.326 e. The van der Waals surface area contributed by atoms with Gasteiger partial charge in [0.25, 0.3) is 5.91 Å².